The molecule has 1 aromatic heterocycles. The quantitative estimate of drug-likeness (QED) is 0.333. The molecule has 3 heterocycles. The number of fused-ring (bicyclic) bond motifs is 1. The fraction of sp³-hybridized carbons (Fsp3) is 0.400. The van der Waals surface area contributed by atoms with Crippen molar-refractivity contribution in [3.63, 3.8) is 0 Å². The van der Waals surface area contributed by atoms with Crippen LogP contribution in [0.25, 0.3) is 11.3 Å². The molecule has 3 aliphatic rings. The van der Waals surface area contributed by atoms with E-state index in [1.807, 2.05) is 36.4 Å². The number of ether oxygens (including phenoxy) is 2. The second kappa shape index (κ2) is 12.0. The van der Waals surface area contributed by atoms with Gasteiger partial charge in [0.2, 0.25) is 11.9 Å². The Balaban J connectivity index is 1.10. The summed E-state index contributed by atoms with van der Waals surface area (Å²) in [6.45, 7) is 1.31. The van der Waals surface area contributed by atoms with Crippen molar-refractivity contribution in [2.75, 3.05) is 31.7 Å². The van der Waals surface area contributed by atoms with E-state index >= 15 is 0 Å². The fourth-order valence-corrected chi connectivity index (χ4v) is 5.30. The van der Waals surface area contributed by atoms with Crippen molar-refractivity contribution in [1.82, 2.24) is 20.2 Å². The minimum absolute atomic E-state index is 0.129. The molecule has 1 saturated carbocycles. The van der Waals surface area contributed by atoms with E-state index in [-0.39, 0.29) is 31.0 Å². The second-order valence-electron chi connectivity index (χ2n) is 10.6. The lowest BCUT2D eigenvalue weighted by atomic mass is 10.0. The third-order valence-corrected chi connectivity index (χ3v) is 7.80. The van der Waals surface area contributed by atoms with Gasteiger partial charge in [0.25, 0.3) is 5.91 Å². The fourth-order valence-electron chi connectivity index (χ4n) is 5.10. The van der Waals surface area contributed by atoms with E-state index in [0.717, 1.165) is 42.6 Å². The van der Waals surface area contributed by atoms with Crippen molar-refractivity contribution in [2.45, 2.75) is 50.4 Å². The van der Waals surface area contributed by atoms with Crippen molar-refractivity contribution in [3.8, 4) is 17.0 Å². The van der Waals surface area contributed by atoms with E-state index in [2.05, 4.69) is 20.6 Å². The Morgan fingerprint density at radius 2 is 1.93 bits per heavy atom. The van der Waals surface area contributed by atoms with E-state index in [9.17, 15) is 14.7 Å². The number of aromatic nitrogens is 2. The lowest BCUT2D eigenvalue weighted by Crippen LogP contribution is -2.40. The van der Waals surface area contributed by atoms with E-state index < -0.39 is 6.04 Å². The molecule has 10 nitrogen and oxygen atoms in total. The third-order valence-electron chi connectivity index (χ3n) is 7.52. The molecular formula is C30H32ClN5O5. The zero-order chi connectivity index (χ0) is 28.3. The first-order chi connectivity index (χ1) is 20.0. The molecule has 2 aromatic carbocycles. The molecule has 3 aromatic rings. The number of nitrogens with one attached hydrogen (secondary N) is 2. The number of hydrogen-bond donors (Lipinski definition) is 3. The average molecular weight is 578 g/mol. The topological polar surface area (TPSA) is 126 Å². The van der Waals surface area contributed by atoms with E-state index in [4.69, 9.17) is 21.1 Å². The number of aliphatic hydroxyl groups is 1. The van der Waals surface area contributed by atoms with Gasteiger partial charge in [0, 0.05) is 36.9 Å². The summed E-state index contributed by atoms with van der Waals surface area (Å²) >= 11 is 6.46. The summed E-state index contributed by atoms with van der Waals surface area (Å²) in [6, 6.07) is 12.5. The van der Waals surface area contributed by atoms with Crippen LogP contribution in [0.1, 0.15) is 53.2 Å². The van der Waals surface area contributed by atoms with Crippen LogP contribution in [0.5, 0.6) is 5.75 Å². The smallest absolute Gasteiger partial charge is 0.254 e. The van der Waals surface area contributed by atoms with Gasteiger partial charge in [-0.25, -0.2) is 9.97 Å². The predicted octanol–water partition coefficient (Wildman–Crippen LogP) is 3.73. The lowest BCUT2D eigenvalue weighted by molar-refractivity contribution is -0.122. The Bertz CT molecular complexity index is 1430. The van der Waals surface area contributed by atoms with Crippen LogP contribution in [0.3, 0.4) is 0 Å². The molecule has 1 saturated heterocycles. The molecule has 3 N–H and O–H groups in total. The minimum Gasteiger partial charge on any atom is -0.490 e. The highest BCUT2D eigenvalue weighted by Gasteiger charge is 2.30. The highest BCUT2D eigenvalue weighted by atomic mass is 35.5. The normalized spacial score (nSPS) is 17.7. The van der Waals surface area contributed by atoms with E-state index in [0.29, 0.717) is 53.7 Å². The molecule has 41 heavy (non-hydrogen) atoms. The third kappa shape index (κ3) is 6.45. The Labute approximate surface area is 243 Å². The highest BCUT2D eigenvalue weighted by Crippen LogP contribution is 2.32. The van der Waals surface area contributed by atoms with Crippen molar-refractivity contribution in [2.24, 2.45) is 0 Å². The molecule has 214 valence electrons. The van der Waals surface area contributed by atoms with Gasteiger partial charge in [0.15, 0.2) is 0 Å². The molecule has 0 unspecified atom stereocenters. The van der Waals surface area contributed by atoms with Gasteiger partial charge in [0.1, 0.15) is 12.3 Å². The monoisotopic (exact) mass is 577 g/mol. The molecule has 2 fully saturated rings. The van der Waals surface area contributed by atoms with Crippen LogP contribution in [-0.4, -0.2) is 70.3 Å². The van der Waals surface area contributed by atoms with Gasteiger partial charge in [-0.2, -0.15) is 0 Å². The molecule has 2 aliphatic heterocycles. The standard InChI is InChI=1S/C30H32ClN5O5/c31-25-14-32-30(33-21-9-11-40-12-10-21)35-28(25)19-1-2-20-15-36(29(39)24(20)13-19)16-27(38)34-26(17-37)18-3-5-22(6-4-18)41-23-7-8-23/h1-6,13-14,21,23,26,37H,7-12,15-17H2,(H,34,38)(H,32,33,35)/t26-/m1/s1. The van der Waals surface area contributed by atoms with Crippen molar-refractivity contribution in [3.05, 3.63) is 70.4 Å². The maximum absolute atomic E-state index is 13.3. The van der Waals surface area contributed by atoms with Crippen molar-refractivity contribution in [1.29, 1.82) is 0 Å². The molecule has 2 amide bonds. The first-order valence-corrected chi connectivity index (χ1v) is 14.3. The zero-order valence-electron chi connectivity index (χ0n) is 22.5. The Hall–Kier alpha value is -3.73. The highest BCUT2D eigenvalue weighted by molar-refractivity contribution is 6.33. The van der Waals surface area contributed by atoms with Crippen LogP contribution >= 0.6 is 11.6 Å². The SMILES string of the molecule is O=C(CN1Cc2ccc(-c3nc(NC4CCOCC4)ncc3Cl)cc2C1=O)N[C@H](CO)c1ccc(OC2CC2)cc1. The second-order valence-corrected chi connectivity index (χ2v) is 11.1. The Morgan fingerprint density at radius 1 is 1.15 bits per heavy atom. The molecule has 6 rings (SSSR count). The van der Waals surface area contributed by atoms with Gasteiger partial charge in [-0.15, -0.1) is 0 Å². The summed E-state index contributed by atoms with van der Waals surface area (Å²) in [7, 11) is 0. The predicted molar refractivity (Wildman–Crippen MR) is 153 cm³/mol. The Morgan fingerprint density at radius 3 is 2.66 bits per heavy atom. The Kier molecular flexibility index (Phi) is 8.04. The van der Waals surface area contributed by atoms with Crippen LogP contribution in [0.15, 0.2) is 48.7 Å². The first kappa shape index (κ1) is 27.4. The van der Waals surface area contributed by atoms with Gasteiger partial charge in [0.05, 0.1) is 35.7 Å². The van der Waals surface area contributed by atoms with Crippen LogP contribution in [0.2, 0.25) is 5.02 Å². The van der Waals surface area contributed by atoms with Crippen molar-refractivity contribution < 1.29 is 24.2 Å². The number of benzene rings is 2. The summed E-state index contributed by atoms with van der Waals surface area (Å²) in [6.07, 6.45) is 5.74. The largest absolute Gasteiger partial charge is 0.490 e. The van der Waals surface area contributed by atoms with E-state index in [1.54, 1.807) is 12.3 Å². The van der Waals surface area contributed by atoms with Crippen LogP contribution in [-0.2, 0) is 16.1 Å². The maximum Gasteiger partial charge on any atom is 0.254 e. The van der Waals surface area contributed by atoms with Crippen LogP contribution < -0.4 is 15.4 Å². The number of aliphatic hydroxyl groups excluding tert-OH is 1. The van der Waals surface area contributed by atoms with E-state index in [1.165, 1.54) is 4.90 Å². The summed E-state index contributed by atoms with van der Waals surface area (Å²) in [5.41, 5.74) is 3.32. The molecule has 0 bridgehead atoms. The van der Waals surface area contributed by atoms with Crippen LogP contribution in [0, 0.1) is 0 Å². The zero-order valence-corrected chi connectivity index (χ0v) is 23.3. The van der Waals surface area contributed by atoms with Crippen molar-refractivity contribution >= 4 is 29.4 Å². The molecule has 0 radical (unpaired) electrons. The molecule has 0 spiro atoms. The number of anilines is 1. The summed E-state index contributed by atoms with van der Waals surface area (Å²) < 4.78 is 11.2. The molecular weight excluding hydrogens is 546 g/mol. The number of carbonyl (C=O) groups is 2. The van der Waals surface area contributed by atoms with Crippen LogP contribution in [0.4, 0.5) is 5.95 Å². The summed E-state index contributed by atoms with van der Waals surface area (Å²) in [5, 5.41) is 16.5. The van der Waals surface area contributed by atoms with Gasteiger partial charge < -0.3 is 30.1 Å². The molecule has 1 atom stereocenters. The molecule has 1 aliphatic carbocycles. The number of carbonyl (C=O) groups excluding carboxylic acids is 2. The number of halogens is 1. The summed E-state index contributed by atoms with van der Waals surface area (Å²) in [5.74, 6) is 0.648. The average Bonchev–Trinajstić information content (AvgIpc) is 3.76. The number of hydrogen-bond acceptors (Lipinski definition) is 8. The number of nitrogens with zero attached hydrogens (tertiary/aromatic N) is 3. The number of rotatable bonds is 10. The summed E-state index contributed by atoms with van der Waals surface area (Å²) in [4.78, 5) is 36.6. The van der Waals surface area contributed by atoms with Gasteiger partial charge in [-0.05, 0) is 55.0 Å². The lowest BCUT2D eigenvalue weighted by Gasteiger charge is -2.23. The van der Waals surface area contributed by atoms with Gasteiger partial charge >= 0.3 is 0 Å². The van der Waals surface area contributed by atoms with Gasteiger partial charge in [-0.1, -0.05) is 35.9 Å². The first-order valence-electron chi connectivity index (χ1n) is 13.9. The minimum atomic E-state index is -0.590. The maximum atomic E-state index is 13.3. The number of amides is 2. The molecule has 11 heteroatoms. The van der Waals surface area contributed by atoms with Gasteiger partial charge in [-0.3, -0.25) is 9.59 Å².